The second-order valence-corrected chi connectivity index (χ2v) is 7.91. The molecule has 0 unspecified atom stereocenters. The summed E-state index contributed by atoms with van der Waals surface area (Å²) >= 11 is 4.88. The van der Waals surface area contributed by atoms with Crippen molar-refractivity contribution in [1.29, 1.82) is 5.41 Å². The molecule has 0 amide bonds. The van der Waals surface area contributed by atoms with Crippen molar-refractivity contribution in [2.75, 3.05) is 11.4 Å². The zero-order valence-corrected chi connectivity index (χ0v) is 16.4. The van der Waals surface area contributed by atoms with Crippen LogP contribution in [0.2, 0.25) is 0 Å². The quantitative estimate of drug-likeness (QED) is 0.569. The number of nitrogens with zero attached hydrogens (tertiary/aromatic N) is 2. The van der Waals surface area contributed by atoms with E-state index < -0.39 is 0 Å². The van der Waals surface area contributed by atoms with Crippen molar-refractivity contribution in [3.05, 3.63) is 74.7 Å². The minimum Gasteiger partial charge on any atom is -0.510 e. The number of amidine groups is 1. The molecule has 0 saturated carbocycles. The van der Waals surface area contributed by atoms with Crippen molar-refractivity contribution in [2.45, 2.75) is 6.92 Å². The molecule has 3 aromatic rings. The maximum Gasteiger partial charge on any atom is 0.139 e. The maximum absolute atomic E-state index is 10.5. The summed E-state index contributed by atoms with van der Waals surface area (Å²) in [6.07, 6.45) is 0. The first-order valence-electron chi connectivity index (χ1n) is 8.10. The van der Waals surface area contributed by atoms with Gasteiger partial charge in [-0.2, -0.15) is 0 Å². The van der Waals surface area contributed by atoms with Crippen LogP contribution in [0.1, 0.15) is 10.6 Å². The van der Waals surface area contributed by atoms with Gasteiger partial charge in [-0.05, 0) is 31.2 Å². The number of benzene rings is 2. The van der Waals surface area contributed by atoms with E-state index in [1.165, 1.54) is 11.3 Å². The van der Waals surface area contributed by atoms with E-state index in [1.807, 2.05) is 60.8 Å². The Bertz CT molecular complexity index is 1010. The number of halogens is 1. The maximum atomic E-state index is 10.5. The molecule has 130 valence electrons. The van der Waals surface area contributed by atoms with Crippen LogP contribution < -0.4 is 4.90 Å². The number of hydrogen-bond acceptors (Lipinski definition) is 4. The summed E-state index contributed by atoms with van der Waals surface area (Å²) in [5, 5.41) is 21.6. The first-order chi connectivity index (χ1) is 12.5. The molecule has 0 saturated heterocycles. The summed E-state index contributed by atoms with van der Waals surface area (Å²) in [4.78, 5) is 6.45. The first kappa shape index (κ1) is 17.0. The Balaban J connectivity index is 1.63. The predicted octanol–water partition coefficient (Wildman–Crippen LogP) is 5.65. The zero-order chi connectivity index (χ0) is 18.3. The van der Waals surface area contributed by atoms with E-state index in [2.05, 4.69) is 20.9 Å². The summed E-state index contributed by atoms with van der Waals surface area (Å²) in [5.41, 5.74) is 4.43. The molecule has 1 aromatic heterocycles. The van der Waals surface area contributed by atoms with Crippen LogP contribution in [0.4, 0.5) is 5.69 Å². The number of nitrogens with one attached hydrogen (secondary N) is 1. The van der Waals surface area contributed by atoms with Gasteiger partial charge in [0.25, 0.3) is 0 Å². The molecule has 2 heterocycles. The standard InChI is InChI=1S/C20H16BrN3OS/c1-12-2-8-15(9-3-12)24-10-17(25)18(19(24)22)20-23-16(11-26-20)13-4-6-14(21)7-5-13/h2-9,11,22,25H,10H2,1H3. The first-order valence-corrected chi connectivity index (χ1v) is 9.77. The molecular formula is C20H16BrN3OS. The van der Waals surface area contributed by atoms with Crippen LogP contribution in [0.5, 0.6) is 0 Å². The second kappa shape index (κ2) is 6.70. The third kappa shape index (κ3) is 3.06. The number of aromatic nitrogens is 1. The fraction of sp³-hybridized carbons (Fsp3) is 0.100. The molecule has 2 N–H and O–H groups in total. The number of thiazole rings is 1. The Labute approximate surface area is 164 Å². The highest BCUT2D eigenvalue weighted by molar-refractivity contribution is 9.10. The highest BCUT2D eigenvalue weighted by Gasteiger charge is 2.31. The van der Waals surface area contributed by atoms with Crippen molar-refractivity contribution in [3.63, 3.8) is 0 Å². The van der Waals surface area contributed by atoms with Crippen LogP contribution in [0.3, 0.4) is 0 Å². The lowest BCUT2D eigenvalue weighted by Crippen LogP contribution is -2.25. The highest BCUT2D eigenvalue weighted by atomic mass is 79.9. The third-order valence-electron chi connectivity index (χ3n) is 4.31. The number of aryl methyl sites for hydroxylation is 1. The summed E-state index contributed by atoms with van der Waals surface area (Å²) in [6.45, 7) is 2.32. The molecule has 2 aromatic carbocycles. The lowest BCUT2D eigenvalue weighted by molar-refractivity contribution is 0.411. The fourth-order valence-corrected chi connectivity index (χ4v) is 4.05. The van der Waals surface area contributed by atoms with Crippen molar-refractivity contribution in [1.82, 2.24) is 4.98 Å². The number of hydrogen-bond donors (Lipinski definition) is 2. The van der Waals surface area contributed by atoms with Gasteiger partial charge in [0.15, 0.2) is 0 Å². The SMILES string of the molecule is Cc1ccc(N2CC(O)=C(c3nc(-c4ccc(Br)cc4)cs3)C2=N)cc1. The van der Waals surface area contributed by atoms with Crippen LogP contribution >= 0.6 is 27.3 Å². The van der Waals surface area contributed by atoms with Crippen LogP contribution in [-0.2, 0) is 0 Å². The van der Waals surface area contributed by atoms with Gasteiger partial charge in [-0.15, -0.1) is 11.3 Å². The summed E-state index contributed by atoms with van der Waals surface area (Å²) in [6, 6.07) is 15.9. The summed E-state index contributed by atoms with van der Waals surface area (Å²) in [7, 11) is 0. The molecule has 4 nitrogen and oxygen atoms in total. The van der Waals surface area contributed by atoms with E-state index in [9.17, 15) is 5.11 Å². The largest absolute Gasteiger partial charge is 0.510 e. The van der Waals surface area contributed by atoms with E-state index in [1.54, 1.807) is 4.90 Å². The van der Waals surface area contributed by atoms with Crippen LogP contribution in [0.15, 0.2) is 64.1 Å². The monoisotopic (exact) mass is 425 g/mol. The molecule has 1 aliphatic heterocycles. The molecule has 0 aliphatic carbocycles. The Hall–Kier alpha value is -2.44. The molecule has 0 fully saturated rings. The Morgan fingerprint density at radius 1 is 1.12 bits per heavy atom. The normalized spacial score (nSPS) is 14.4. The van der Waals surface area contributed by atoms with E-state index in [-0.39, 0.29) is 11.6 Å². The van der Waals surface area contributed by atoms with E-state index in [0.29, 0.717) is 17.1 Å². The van der Waals surface area contributed by atoms with Gasteiger partial charge in [0, 0.05) is 21.1 Å². The van der Waals surface area contributed by atoms with Crippen molar-refractivity contribution < 1.29 is 5.11 Å². The van der Waals surface area contributed by atoms with Crippen LogP contribution in [-0.4, -0.2) is 22.5 Å². The van der Waals surface area contributed by atoms with Crippen molar-refractivity contribution in [2.24, 2.45) is 0 Å². The van der Waals surface area contributed by atoms with Gasteiger partial charge < -0.3 is 10.0 Å². The summed E-state index contributed by atoms with van der Waals surface area (Å²) < 4.78 is 1.02. The molecule has 26 heavy (non-hydrogen) atoms. The highest BCUT2D eigenvalue weighted by Crippen LogP contribution is 2.34. The van der Waals surface area contributed by atoms with E-state index in [4.69, 9.17) is 5.41 Å². The predicted molar refractivity (Wildman–Crippen MR) is 111 cm³/mol. The second-order valence-electron chi connectivity index (χ2n) is 6.14. The van der Waals surface area contributed by atoms with Gasteiger partial charge in [-0.25, -0.2) is 4.98 Å². The summed E-state index contributed by atoms with van der Waals surface area (Å²) in [5.74, 6) is 0.468. The molecule has 4 rings (SSSR count). The van der Waals surface area contributed by atoms with Gasteiger partial charge in [0.05, 0.1) is 17.8 Å². The van der Waals surface area contributed by atoms with Gasteiger partial charge >= 0.3 is 0 Å². The van der Waals surface area contributed by atoms with Crippen LogP contribution in [0, 0.1) is 12.3 Å². The van der Waals surface area contributed by atoms with Gasteiger partial charge in [0.2, 0.25) is 0 Å². The average molecular weight is 426 g/mol. The van der Waals surface area contributed by atoms with Gasteiger partial charge in [-0.3, -0.25) is 5.41 Å². The van der Waals surface area contributed by atoms with Crippen molar-refractivity contribution >= 4 is 44.4 Å². The number of rotatable bonds is 3. The number of aliphatic hydroxyl groups excluding tert-OH is 1. The average Bonchev–Trinajstić information content (AvgIpc) is 3.21. The van der Waals surface area contributed by atoms with E-state index >= 15 is 0 Å². The zero-order valence-electron chi connectivity index (χ0n) is 14.0. The number of aliphatic hydroxyl groups is 1. The Morgan fingerprint density at radius 3 is 2.50 bits per heavy atom. The van der Waals surface area contributed by atoms with E-state index in [0.717, 1.165) is 27.0 Å². The van der Waals surface area contributed by atoms with Gasteiger partial charge in [-0.1, -0.05) is 45.8 Å². The number of anilines is 1. The van der Waals surface area contributed by atoms with Gasteiger partial charge in [0.1, 0.15) is 16.6 Å². The third-order valence-corrected chi connectivity index (χ3v) is 5.70. The Morgan fingerprint density at radius 2 is 1.81 bits per heavy atom. The topological polar surface area (TPSA) is 60.2 Å². The minimum atomic E-state index is 0.187. The van der Waals surface area contributed by atoms with Crippen molar-refractivity contribution in [3.8, 4) is 11.3 Å². The minimum absolute atomic E-state index is 0.187. The molecule has 0 atom stereocenters. The van der Waals surface area contributed by atoms with Crippen LogP contribution in [0.25, 0.3) is 16.8 Å². The molecule has 1 aliphatic rings. The Kier molecular flexibility index (Phi) is 4.38. The lowest BCUT2D eigenvalue weighted by Gasteiger charge is -2.18. The molecule has 0 bridgehead atoms. The molecule has 0 spiro atoms. The smallest absolute Gasteiger partial charge is 0.139 e. The molecule has 0 radical (unpaired) electrons. The lowest BCUT2D eigenvalue weighted by atomic mass is 10.2. The molecule has 6 heteroatoms. The molecular weight excluding hydrogens is 410 g/mol. The fourth-order valence-electron chi connectivity index (χ4n) is 2.89.